The fourth-order valence-corrected chi connectivity index (χ4v) is 4.53. The van der Waals surface area contributed by atoms with E-state index in [1.165, 1.54) is 61.7 Å². The lowest BCUT2D eigenvalue weighted by molar-refractivity contribution is -0.384. The molecule has 0 bridgehead atoms. The Kier molecular flexibility index (Phi) is 7.35. The highest BCUT2D eigenvalue weighted by Crippen LogP contribution is 2.34. The number of methoxy groups -OCH3 is 1. The Morgan fingerprint density at radius 3 is 2.11 bits per heavy atom. The molecule has 0 radical (unpaired) electrons. The number of para-hydroxylation sites is 2. The summed E-state index contributed by atoms with van der Waals surface area (Å²) in [6.07, 6.45) is 0. The lowest BCUT2D eigenvalue weighted by Crippen LogP contribution is -2.19. The number of anilines is 2. The maximum Gasteiger partial charge on any atom is 0.269 e. The Labute approximate surface area is 212 Å². The van der Waals surface area contributed by atoms with Gasteiger partial charge in [0.1, 0.15) is 22.8 Å². The van der Waals surface area contributed by atoms with E-state index in [0.717, 1.165) is 0 Å². The molecule has 0 aliphatic rings. The van der Waals surface area contributed by atoms with E-state index >= 15 is 0 Å². The van der Waals surface area contributed by atoms with E-state index < -0.39 is 20.9 Å². The maximum absolute atomic E-state index is 13.5. The van der Waals surface area contributed by atoms with Crippen LogP contribution in [0.15, 0.2) is 102 Å². The molecule has 0 heterocycles. The van der Waals surface area contributed by atoms with Crippen molar-refractivity contribution in [3.8, 4) is 17.2 Å². The van der Waals surface area contributed by atoms with Crippen LogP contribution in [0.4, 0.5) is 17.1 Å². The van der Waals surface area contributed by atoms with E-state index in [0.29, 0.717) is 11.4 Å². The Morgan fingerprint density at radius 2 is 1.43 bits per heavy atom. The monoisotopic (exact) mass is 519 g/mol. The van der Waals surface area contributed by atoms with Crippen molar-refractivity contribution in [2.24, 2.45) is 0 Å². The van der Waals surface area contributed by atoms with Gasteiger partial charge in [-0.25, -0.2) is 8.42 Å². The van der Waals surface area contributed by atoms with Gasteiger partial charge in [-0.15, -0.1) is 0 Å². The maximum atomic E-state index is 13.5. The number of benzene rings is 4. The van der Waals surface area contributed by atoms with Crippen LogP contribution in [-0.4, -0.2) is 26.4 Å². The van der Waals surface area contributed by atoms with Crippen molar-refractivity contribution in [2.75, 3.05) is 17.1 Å². The van der Waals surface area contributed by atoms with E-state index in [-0.39, 0.29) is 33.3 Å². The molecule has 1 amide bonds. The van der Waals surface area contributed by atoms with E-state index in [9.17, 15) is 23.3 Å². The first-order valence-corrected chi connectivity index (χ1v) is 12.3. The van der Waals surface area contributed by atoms with Crippen LogP contribution >= 0.6 is 0 Å². The topological polar surface area (TPSA) is 137 Å². The minimum atomic E-state index is -4.05. The van der Waals surface area contributed by atoms with E-state index in [1.807, 2.05) is 0 Å². The molecule has 0 saturated heterocycles. The largest absolute Gasteiger partial charge is 0.495 e. The van der Waals surface area contributed by atoms with Gasteiger partial charge in [-0.2, -0.15) is 0 Å². The van der Waals surface area contributed by atoms with Crippen LogP contribution in [0.1, 0.15) is 10.4 Å². The summed E-state index contributed by atoms with van der Waals surface area (Å²) in [6, 6.07) is 24.1. The average Bonchev–Trinajstić information content (AvgIpc) is 2.89. The number of non-ortho nitro benzene ring substituents is 1. The van der Waals surface area contributed by atoms with E-state index in [2.05, 4.69) is 10.0 Å². The number of nitro benzene ring substituents is 1. The Hall–Kier alpha value is -4.90. The molecule has 4 aromatic carbocycles. The van der Waals surface area contributed by atoms with Crippen LogP contribution in [0.5, 0.6) is 17.2 Å². The fourth-order valence-electron chi connectivity index (χ4n) is 3.43. The zero-order valence-electron chi connectivity index (χ0n) is 19.5. The highest BCUT2D eigenvalue weighted by atomic mass is 32.2. The lowest BCUT2D eigenvalue weighted by Gasteiger charge is -2.17. The van der Waals surface area contributed by atoms with Gasteiger partial charge in [0.25, 0.3) is 21.6 Å². The number of hydrogen-bond donors (Lipinski definition) is 2. The molecule has 0 atom stereocenters. The van der Waals surface area contributed by atoms with Crippen LogP contribution < -0.4 is 19.5 Å². The molecule has 37 heavy (non-hydrogen) atoms. The first kappa shape index (κ1) is 25.2. The highest BCUT2D eigenvalue weighted by molar-refractivity contribution is 7.92. The van der Waals surface area contributed by atoms with Crippen molar-refractivity contribution in [3.63, 3.8) is 0 Å². The number of sulfonamides is 1. The number of carbonyl (C=O) groups is 1. The Bertz CT molecular complexity index is 1540. The van der Waals surface area contributed by atoms with Crippen molar-refractivity contribution in [1.82, 2.24) is 0 Å². The number of carbonyl (C=O) groups excluding carboxylic acids is 1. The van der Waals surface area contributed by atoms with Gasteiger partial charge >= 0.3 is 0 Å². The first-order chi connectivity index (χ1) is 17.8. The molecule has 4 aromatic rings. The number of amides is 1. The smallest absolute Gasteiger partial charge is 0.269 e. The molecule has 0 aliphatic carbocycles. The summed E-state index contributed by atoms with van der Waals surface area (Å²) in [5.41, 5.74) is 0.0878. The van der Waals surface area contributed by atoms with Crippen molar-refractivity contribution >= 4 is 33.0 Å². The normalized spacial score (nSPS) is 10.8. The summed E-state index contributed by atoms with van der Waals surface area (Å²) in [5.74, 6) is -0.0432. The van der Waals surface area contributed by atoms with Crippen LogP contribution in [0.3, 0.4) is 0 Å². The van der Waals surface area contributed by atoms with Gasteiger partial charge in [0.15, 0.2) is 0 Å². The van der Waals surface area contributed by atoms with E-state index in [1.54, 1.807) is 42.5 Å². The molecule has 11 heteroatoms. The standard InChI is InChI=1S/C26H21N3O7S/c1-35-23-12-6-5-10-21(23)27-26(30)25-22(28-37(33,34)20-8-3-2-4-9-20)11-7-13-24(25)36-19-16-14-18(15-17-19)29(31)32/h2-17,28H,1H3,(H,27,30). The SMILES string of the molecule is COc1ccccc1NC(=O)c1c(NS(=O)(=O)c2ccccc2)cccc1Oc1ccc([N+](=O)[O-])cc1. The third-order valence-electron chi connectivity index (χ3n) is 5.18. The molecular formula is C26H21N3O7S. The van der Waals surface area contributed by atoms with Crippen molar-refractivity contribution in [3.05, 3.63) is 113 Å². The van der Waals surface area contributed by atoms with Crippen LogP contribution in [-0.2, 0) is 10.0 Å². The Morgan fingerprint density at radius 1 is 0.811 bits per heavy atom. The van der Waals surface area contributed by atoms with Crippen LogP contribution in [0, 0.1) is 10.1 Å². The van der Waals surface area contributed by atoms with Crippen LogP contribution in [0.2, 0.25) is 0 Å². The minimum Gasteiger partial charge on any atom is -0.495 e. The second kappa shape index (κ2) is 10.8. The van der Waals surface area contributed by atoms with Crippen molar-refractivity contribution < 1.29 is 27.6 Å². The van der Waals surface area contributed by atoms with Gasteiger partial charge in [0, 0.05) is 12.1 Å². The molecule has 0 saturated carbocycles. The number of nitrogens with one attached hydrogen (secondary N) is 2. The molecule has 0 unspecified atom stereocenters. The summed E-state index contributed by atoms with van der Waals surface area (Å²) < 4.78 is 39.7. The molecule has 0 fully saturated rings. The molecule has 10 nitrogen and oxygen atoms in total. The summed E-state index contributed by atoms with van der Waals surface area (Å²) in [7, 11) is -2.59. The Balaban J connectivity index is 1.76. The average molecular weight is 520 g/mol. The highest BCUT2D eigenvalue weighted by Gasteiger charge is 2.24. The fraction of sp³-hybridized carbons (Fsp3) is 0.0385. The molecule has 188 valence electrons. The third-order valence-corrected chi connectivity index (χ3v) is 6.56. The summed E-state index contributed by atoms with van der Waals surface area (Å²) in [4.78, 5) is 23.9. The van der Waals surface area contributed by atoms with Crippen LogP contribution in [0.25, 0.3) is 0 Å². The van der Waals surface area contributed by atoms with Gasteiger partial charge in [-0.3, -0.25) is 19.6 Å². The van der Waals surface area contributed by atoms with Gasteiger partial charge in [-0.05, 0) is 48.5 Å². The number of hydrogen-bond acceptors (Lipinski definition) is 7. The second-order valence-electron chi connectivity index (χ2n) is 7.60. The van der Waals surface area contributed by atoms with Crippen molar-refractivity contribution in [1.29, 1.82) is 0 Å². The van der Waals surface area contributed by atoms with Crippen molar-refractivity contribution in [2.45, 2.75) is 4.90 Å². The van der Waals surface area contributed by atoms with Gasteiger partial charge in [-0.1, -0.05) is 36.4 Å². The first-order valence-electron chi connectivity index (χ1n) is 10.9. The molecule has 2 N–H and O–H groups in total. The summed E-state index contributed by atoms with van der Waals surface area (Å²) in [6.45, 7) is 0. The zero-order chi connectivity index (χ0) is 26.4. The summed E-state index contributed by atoms with van der Waals surface area (Å²) >= 11 is 0. The molecule has 0 spiro atoms. The number of rotatable bonds is 9. The van der Waals surface area contributed by atoms with Gasteiger partial charge in [0.2, 0.25) is 0 Å². The third kappa shape index (κ3) is 5.85. The molecule has 4 rings (SSSR count). The lowest BCUT2D eigenvalue weighted by atomic mass is 10.1. The minimum absolute atomic E-state index is 0.00720. The molecule has 0 aliphatic heterocycles. The quantitative estimate of drug-likeness (QED) is 0.222. The number of ether oxygens (including phenoxy) is 2. The molecular weight excluding hydrogens is 498 g/mol. The van der Waals surface area contributed by atoms with Gasteiger partial charge < -0.3 is 14.8 Å². The number of nitrogens with zero attached hydrogens (tertiary/aromatic N) is 1. The molecule has 0 aromatic heterocycles. The number of nitro groups is 1. The van der Waals surface area contributed by atoms with E-state index in [4.69, 9.17) is 9.47 Å². The zero-order valence-corrected chi connectivity index (χ0v) is 20.3. The predicted octanol–water partition coefficient (Wildman–Crippen LogP) is 5.45. The predicted molar refractivity (Wildman–Crippen MR) is 138 cm³/mol. The second-order valence-corrected chi connectivity index (χ2v) is 9.29. The summed E-state index contributed by atoms with van der Waals surface area (Å²) in [5, 5.41) is 13.7. The van der Waals surface area contributed by atoms with Gasteiger partial charge in [0.05, 0.1) is 28.3 Å².